The van der Waals surface area contributed by atoms with Crippen LogP contribution in [0.15, 0.2) is 29.0 Å². The fourth-order valence-corrected chi connectivity index (χ4v) is 1.75. The predicted molar refractivity (Wildman–Crippen MR) is 57.5 cm³/mol. The predicted octanol–water partition coefficient (Wildman–Crippen LogP) is 1.47. The third kappa shape index (κ3) is 1.86. The molecule has 0 aliphatic rings. The van der Waals surface area contributed by atoms with E-state index in [4.69, 9.17) is 4.42 Å². The van der Waals surface area contributed by atoms with Crippen molar-refractivity contribution >= 4 is 11.1 Å². The number of oxazole rings is 1. The number of hydrogen-bond donors (Lipinski definition) is 2. The number of aliphatic hydroxyl groups excluding tert-OH is 1. The Balaban J connectivity index is 2.41. The van der Waals surface area contributed by atoms with Crippen LogP contribution in [0.25, 0.3) is 11.1 Å². The lowest BCUT2D eigenvalue weighted by Crippen LogP contribution is -2.26. The quantitative estimate of drug-likeness (QED) is 0.798. The first kappa shape index (κ1) is 10.1. The largest absolute Gasteiger partial charge is 0.443 e. The molecule has 1 aromatic heterocycles. The molecule has 0 aliphatic heterocycles. The Morgan fingerprint density at radius 1 is 1.47 bits per heavy atom. The van der Waals surface area contributed by atoms with E-state index in [1.807, 2.05) is 25.2 Å². The molecule has 0 radical (unpaired) electrons. The van der Waals surface area contributed by atoms with Crippen molar-refractivity contribution in [3.8, 4) is 0 Å². The van der Waals surface area contributed by atoms with Gasteiger partial charge in [-0.25, -0.2) is 4.98 Å². The van der Waals surface area contributed by atoms with Crippen molar-refractivity contribution in [1.82, 2.24) is 10.3 Å². The number of fused-ring (bicyclic) bond motifs is 1. The van der Waals surface area contributed by atoms with Gasteiger partial charge >= 0.3 is 0 Å². The monoisotopic (exact) mass is 206 g/mol. The van der Waals surface area contributed by atoms with Crippen molar-refractivity contribution in [2.24, 2.45) is 0 Å². The van der Waals surface area contributed by atoms with Crippen LogP contribution in [-0.2, 0) is 0 Å². The number of aromatic nitrogens is 1. The Labute approximate surface area is 87.9 Å². The lowest BCUT2D eigenvalue weighted by Gasteiger charge is -2.19. The van der Waals surface area contributed by atoms with Gasteiger partial charge in [0.05, 0.1) is 12.1 Å². The first-order valence-corrected chi connectivity index (χ1v) is 4.91. The summed E-state index contributed by atoms with van der Waals surface area (Å²) in [5, 5.41) is 12.6. The molecule has 0 saturated carbocycles. The highest BCUT2D eigenvalue weighted by Crippen LogP contribution is 2.21. The van der Waals surface area contributed by atoms with Crippen molar-refractivity contribution in [1.29, 1.82) is 0 Å². The molecule has 4 nitrogen and oxygen atoms in total. The summed E-state index contributed by atoms with van der Waals surface area (Å²) >= 11 is 0. The van der Waals surface area contributed by atoms with Gasteiger partial charge in [-0.1, -0.05) is 6.07 Å². The number of likely N-dealkylation sites (N-methyl/N-ethyl adjacent to an activating group) is 1. The van der Waals surface area contributed by atoms with Crippen molar-refractivity contribution in [3.63, 3.8) is 0 Å². The fraction of sp³-hybridized carbons (Fsp3) is 0.364. The lowest BCUT2D eigenvalue weighted by atomic mass is 10.0. The number of benzene rings is 1. The molecule has 2 N–H and O–H groups in total. The van der Waals surface area contributed by atoms with E-state index in [1.54, 1.807) is 6.92 Å². The highest BCUT2D eigenvalue weighted by atomic mass is 16.3. The van der Waals surface area contributed by atoms with E-state index < -0.39 is 6.10 Å². The summed E-state index contributed by atoms with van der Waals surface area (Å²) in [7, 11) is 1.82. The van der Waals surface area contributed by atoms with Gasteiger partial charge in [0.25, 0.3) is 0 Å². The molecule has 4 heteroatoms. The second-order valence-corrected chi connectivity index (χ2v) is 3.59. The minimum absolute atomic E-state index is 0.0838. The van der Waals surface area contributed by atoms with Crippen LogP contribution in [0.3, 0.4) is 0 Å². The smallest absolute Gasteiger partial charge is 0.181 e. The minimum Gasteiger partial charge on any atom is -0.443 e. The summed E-state index contributed by atoms with van der Waals surface area (Å²) < 4.78 is 5.21. The van der Waals surface area contributed by atoms with Gasteiger partial charge in [0, 0.05) is 0 Å². The van der Waals surface area contributed by atoms with Gasteiger partial charge in [-0.2, -0.15) is 0 Å². The lowest BCUT2D eigenvalue weighted by molar-refractivity contribution is 0.150. The van der Waals surface area contributed by atoms with Crippen molar-refractivity contribution < 1.29 is 9.52 Å². The normalized spacial score (nSPS) is 15.4. The second-order valence-electron chi connectivity index (χ2n) is 3.59. The first-order valence-electron chi connectivity index (χ1n) is 4.91. The van der Waals surface area contributed by atoms with Crippen LogP contribution < -0.4 is 5.32 Å². The van der Waals surface area contributed by atoms with Crippen LogP contribution in [0.2, 0.25) is 0 Å². The van der Waals surface area contributed by atoms with Crippen LogP contribution in [0, 0.1) is 0 Å². The molecule has 2 aromatic rings. The average Bonchev–Trinajstić information content (AvgIpc) is 2.65. The molecule has 2 atom stereocenters. The molecule has 0 saturated heterocycles. The second kappa shape index (κ2) is 4.00. The highest BCUT2D eigenvalue weighted by molar-refractivity contribution is 5.72. The third-order valence-electron chi connectivity index (χ3n) is 2.51. The Morgan fingerprint density at radius 2 is 2.27 bits per heavy atom. The van der Waals surface area contributed by atoms with Crippen molar-refractivity contribution in [2.75, 3.05) is 7.05 Å². The molecule has 0 amide bonds. The molecule has 0 fully saturated rings. The summed E-state index contributed by atoms with van der Waals surface area (Å²) in [6.07, 6.45) is 0.973. The van der Waals surface area contributed by atoms with Gasteiger partial charge < -0.3 is 14.8 Å². The number of nitrogens with one attached hydrogen (secondary N) is 1. The Hall–Kier alpha value is -1.39. The van der Waals surface area contributed by atoms with Crippen molar-refractivity contribution in [3.05, 3.63) is 30.2 Å². The summed E-state index contributed by atoms with van der Waals surface area (Å²) in [5.41, 5.74) is 2.57. The molecule has 1 aromatic carbocycles. The highest BCUT2D eigenvalue weighted by Gasteiger charge is 2.15. The SMILES string of the molecule is CNC(c1ccc2ncoc2c1)C(C)O. The van der Waals surface area contributed by atoms with E-state index in [9.17, 15) is 5.11 Å². The fourth-order valence-electron chi connectivity index (χ4n) is 1.75. The molecule has 2 unspecified atom stereocenters. The van der Waals surface area contributed by atoms with E-state index in [0.717, 1.165) is 16.7 Å². The third-order valence-corrected chi connectivity index (χ3v) is 2.51. The number of nitrogens with zero attached hydrogens (tertiary/aromatic N) is 1. The molecule has 0 aliphatic carbocycles. The van der Waals surface area contributed by atoms with Crippen LogP contribution >= 0.6 is 0 Å². The zero-order valence-electron chi connectivity index (χ0n) is 8.77. The maximum atomic E-state index is 9.58. The van der Waals surface area contributed by atoms with Gasteiger partial charge in [-0.05, 0) is 31.7 Å². The van der Waals surface area contributed by atoms with Crippen LogP contribution in [-0.4, -0.2) is 23.2 Å². The number of hydrogen-bond acceptors (Lipinski definition) is 4. The van der Waals surface area contributed by atoms with E-state index >= 15 is 0 Å². The molecule has 0 spiro atoms. The standard InChI is InChI=1S/C11H14N2O2/c1-7(14)11(12-2)8-3-4-9-10(5-8)15-6-13-9/h3-7,11-12,14H,1-2H3. The van der Waals surface area contributed by atoms with Crippen molar-refractivity contribution in [2.45, 2.75) is 19.1 Å². The maximum Gasteiger partial charge on any atom is 0.181 e. The van der Waals surface area contributed by atoms with Gasteiger partial charge in [-0.3, -0.25) is 0 Å². The molecule has 0 bridgehead atoms. The Bertz CT molecular complexity index is 451. The van der Waals surface area contributed by atoms with E-state index in [2.05, 4.69) is 10.3 Å². The summed E-state index contributed by atoms with van der Waals surface area (Å²) in [6, 6.07) is 5.65. The zero-order chi connectivity index (χ0) is 10.8. The summed E-state index contributed by atoms with van der Waals surface area (Å²) in [5.74, 6) is 0. The number of rotatable bonds is 3. The molecular formula is C11H14N2O2. The van der Waals surface area contributed by atoms with E-state index in [0.29, 0.717) is 0 Å². The molecule has 1 heterocycles. The Morgan fingerprint density at radius 3 is 2.93 bits per heavy atom. The molecule has 80 valence electrons. The average molecular weight is 206 g/mol. The topological polar surface area (TPSA) is 58.3 Å². The van der Waals surface area contributed by atoms with E-state index in [-0.39, 0.29) is 6.04 Å². The van der Waals surface area contributed by atoms with Gasteiger partial charge in [0.2, 0.25) is 0 Å². The summed E-state index contributed by atoms with van der Waals surface area (Å²) in [4.78, 5) is 4.04. The van der Waals surface area contributed by atoms with Crippen LogP contribution in [0.1, 0.15) is 18.5 Å². The zero-order valence-corrected chi connectivity index (χ0v) is 8.77. The van der Waals surface area contributed by atoms with Crippen LogP contribution in [0.4, 0.5) is 0 Å². The Kier molecular flexibility index (Phi) is 2.70. The summed E-state index contributed by atoms with van der Waals surface area (Å²) in [6.45, 7) is 1.76. The van der Waals surface area contributed by atoms with Gasteiger partial charge in [0.15, 0.2) is 12.0 Å². The van der Waals surface area contributed by atoms with Gasteiger partial charge in [0.1, 0.15) is 5.52 Å². The maximum absolute atomic E-state index is 9.58. The molecule has 15 heavy (non-hydrogen) atoms. The molecular weight excluding hydrogens is 192 g/mol. The van der Waals surface area contributed by atoms with E-state index in [1.165, 1.54) is 6.39 Å². The molecule has 2 rings (SSSR count). The van der Waals surface area contributed by atoms with Crippen LogP contribution in [0.5, 0.6) is 0 Å². The first-order chi connectivity index (χ1) is 7.22. The minimum atomic E-state index is -0.449. The van der Waals surface area contributed by atoms with Gasteiger partial charge in [-0.15, -0.1) is 0 Å². The number of aliphatic hydroxyl groups is 1.